The van der Waals surface area contributed by atoms with Crippen LogP contribution < -0.4 is 15.9 Å². The van der Waals surface area contributed by atoms with Crippen molar-refractivity contribution in [3.63, 3.8) is 0 Å². The van der Waals surface area contributed by atoms with Gasteiger partial charge in [-0.05, 0) is 49.3 Å². The number of likely N-dealkylation sites (tertiary alicyclic amines) is 1. The summed E-state index contributed by atoms with van der Waals surface area (Å²) in [7, 11) is -3.62. The van der Waals surface area contributed by atoms with Gasteiger partial charge in [0.1, 0.15) is 12.1 Å². The summed E-state index contributed by atoms with van der Waals surface area (Å²) in [5, 5.41) is 6.42. The Morgan fingerprint density at radius 3 is 2.51 bits per heavy atom. The van der Waals surface area contributed by atoms with Crippen LogP contribution in [0.2, 0.25) is 0 Å². The van der Waals surface area contributed by atoms with Gasteiger partial charge in [0.2, 0.25) is 21.8 Å². The summed E-state index contributed by atoms with van der Waals surface area (Å²) < 4.78 is 27.1. The lowest BCUT2D eigenvalue weighted by molar-refractivity contribution is -0.139. The number of hydrogen-bond donors (Lipinski definition) is 3. The molecule has 2 aromatic rings. The van der Waals surface area contributed by atoms with E-state index in [0.717, 1.165) is 16.7 Å². The van der Waals surface area contributed by atoms with E-state index >= 15 is 0 Å². The van der Waals surface area contributed by atoms with Crippen molar-refractivity contribution < 1.29 is 18.0 Å². The molecule has 1 heterocycles. The van der Waals surface area contributed by atoms with E-state index in [1.165, 1.54) is 11.8 Å². The Kier molecular flexibility index (Phi) is 9.39. The van der Waals surface area contributed by atoms with Crippen LogP contribution in [-0.4, -0.2) is 62.3 Å². The second-order valence-electron chi connectivity index (χ2n) is 8.51. The molecule has 188 valence electrons. The number of nitrogens with two attached hydrogens (primary N) is 1. The molecule has 3 rings (SSSR count). The molecular weight excluding hydrogens is 466 g/mol. The Balaban J connectivity index is 1.63. The number of amides is 2. The predicted molar refractivity (Wildman–Crippen MR) is 136 cm³/mol. The van der Waals surface area contributed by atoms with Crippen molar-refractivity contribution in [3.8, 4) is 0 Å². The van der Waals surface area contributed by atoms with Gasteiger partial charge in [-0.2, -0.15) is 5.10 Å². The standard InChI is InChI=1S/C25H33N5O4S/c1-2-35(33,34)29-22(17-20-7-4-3-5-8-20)25(32)30-16-6-9-23(30)24(31)27-15-14-19-10-12-21(13-11-19)18-28-26/h3-5,7-8,10-13,18,22-23,29H,2,6,9,14-17,26H2,1H3,(H,27,31)/t22-,23+/m1/s1. The zero-order chi connectivity index (χ0) is 25.3. The third kappa shape index (κ3) is 7.63. The number of sulfonamides is 1. The minimum absolute atomic E-state index is 0.129. The number of nitrogens with one attached hydrogen (secondary N) is 2. The predicted octanol–water partition coefficient (Wildman–Crippen LogP) is 1.18. The molecule has 0 radical (unpaired) electrons. The van der Waals surface area contributed by atoms with E-state index in [1.54, 1.807) is 6.21 Å². The van der Waals surface area contributed by atoms with Crippen molar-refractivity contribution in [3.05, 3.63) is 71.3 Å². The highest BCUT2D eigenvalue weighted by molar-refractivity contribution is 7.89. The lowest BCUT2D eigenvalue weighted by atomic mass is 10.0. The Morgan fingerprint density at radius 2 is 1.86 bits per heavy atom. The van der Waals surface area contributed by atoms with E-state index in [-0.39, 0.29) is 24.0 Å². The van der Waals surface area contributed by atoms with Gasteiger partial charge in [-0.1, -0.05) is 54.6 Å². The van der Waals surface area contributed by atoms with Crippen LogP contribution in [0.3, 0.4) is 0 Å². The van der Waals surface area contributed by atoms with Gasteiger partial charge in [0.25, 0.3) is 0 Å². The highest BCUT2D eigenvalue weighted by Gasteiger charge is 2.38. The SMILES string of the molecule is CCS(=O)(=O)N[C@H](Cc1ccccc1)C(=O)N1CCC[C@H]1C(=O)NCCc1ccc(C=NN)cc1. The summed E-state index contributed by atoms with van der Waals surface area (Å²) in [6.45, 7) is 2.37. The van der Waals surface area contributed by atoms with Crippen molar-refractivity contribution >= 4 is 28.1 Å². The number of nitrogens with zero attached hydrogens (tertiary/aromatic N) is 2. The molecule has 2 atom stereocenters. The lowest BCUT2D eigenvalue weighted by Crippen LogP contribution is -2.54. The van der Waals surface area contributed by atoms with Gasteiger partial charge in [-0.25, -0.2) is 13.1 Å². The maximum absolute atomic E-state index is 13.4. The Hall–Kier alpha value is -3.24. The molecule has 0 spiro atoms. The first kappa shape index (κ1) is 26.4. The Bertz CT molecular complexity index is 1120. The van der Waals surface area contributed by atoms with Crippen molar-refractivity contribution in [2.75, 3.05) is 18.8 Å². The summed E-state index contributed by atoms with van der Waals surface area (Å²) in [6, 6.07) is 15.4. The molecule has 35 heavy (non-hydrogen) atoms. The number of carbonyl (C=O) groups excluding carboxylic acids is 2. The lowest BCUT2D eigenvalue weighted by Gasteiger charge is -2.28. The average molecular weight is 500 g/mol. The Labute approximate surface area is 206 Å². The third-order valence-electron chi connectivity index (χ3n) is 6.04. The van der Waals surface area contributed by atoms with Gasteiger partial charge < -0.3 is 16.1 Å². The molecule has 1 aliphatic heterocycles. The molecule has 0 saturated carbocycles. The summed E-state index contributed by atoms with van der Waals surface area (Å²) in [6.07, 6.45) is 3.65. The van der Waals surface area contributed by atoms with E-state index in [2.05, 4.69) is 15.1 Å². The van der Waals surface area contributed by atoms with Crippen LogP contribution in [-0.2, 0) is 32.5 Å². The zero-order valence-corrected chi connectivity index (χ0v) is 20.7. The number of rotatable bonds is 11. The number of hydrazone groups is 1. The van der Waals surface area contributed by atoms with Gasteiger partial charge in [-0.3, -0.25) is 9.59 Å². The molecule has 9 nitrogen and oxygen atoms in total. The minimum Gasteiger partial charge on any atom is -0.354 e. The fourth-order valence-corrected chi connectivity index (χ4v) is 4.92. The molecule has 1 aliphatic rings. The molecular formula is C25H33N5O4S. The van der Waals surface area contributed by atoms with Gasteiger partial charge in [0.05, 0.1) is 12.0 Å². The van der Waals surface area contributed by atoms with E-state index < -0.39 is 22.1 Å². The molecule has 4 N–H and O–H groups in total. The Morgan fingerprint density at radius 1 is 1.14 bits per heavy atom. The molecule has 1 fully saturated rings. The quantitative estimate of drug-likeness (QED) is 0.242. The number of benzene rings is 2. The molecule has 0 unspecified atom stereocenters. The van der Waals surface area contributed by atoms with Crippen molar-refractivity contribution in [2.45, 2.75) is 44.7 Å². The molecule has 0 bridgehead atoms. The minimum atomic E-state index is -3.62. The average Bonchev–Trinajstić information content (AvgIpc) is 3.35. The van der Waals surface area contributed by atoms with Gasteiger partial charge >= 0.3 is 0 Å². The van der Waals surface area contributed by atoms with Crippen LogP contribution >= 0.6 is 0 Å². The molecule has 2 amide bonds. The second kappa shape index (κ2) is 12.5. The first-order valence-electron chi connectivity index (χ1n) is 11.8. The summed E-state index contributed by atoms with van der Waals surface area (Å²) >= 11 is 0. The smallest absolute Gasteiger partial charge is 0.242 e. The largest absolute Gasteiger partial charge is 0.354 e. The maximum Gasteiger partial charge on any atom is 0.242 e. The highest BCUT2D eigenvalue weighted by atomic mass is 32.2. The van der Waals surface area contributed by atoms with Crippen LogP contribution in [0.1, 0.15) is 36.5 Å². The maximum atomic E-state index is 13.4. The highest BCUT2D eigenvalue weighted by Crippen LogP contribution is 2.20. The normalized spacial score (nSPS) is 16.9. The second-order valence-corrected chi connectivity index (χ2v) is 10.6. The van der Waals surface area contributed by atoms with Gasteiger partial charge in [-0.15, -0.1) is 0 Å². The van der Waals surface area contributed by atoms with Crippen LogP contribution in [0.5, 0.6) is 0 Å². The van der Waals surface area contributed by atoms with Crippen molar-refractivity contribution in [1.82, 2.24) is 14.9 Å². The fraction of sp³-hybridized carbons (Fsp3) is 0.400. The van der Waals surface area contributed by atoms with E-state index in [1.807, 2.05) is 54.6 Å². The summed E-state index contributed by atoms with van der Waals surface area (Å²) in [4.78, 5) is 27.9. The first-order valence-corrected chi connectivity index (χ1v) is 13.4. The van der Waals surface area contributed by atoms with E-state index in [4.69, 9.17) is 5.84 Å². The fourth-order valence-electron chi connectivity index (χ4n) is 4.14. The summed E-state index contributed by atoms with van der Waals surface area (Å²) in [5.41, 5.74) is 2.79. The van der Waals surface area contributed by atoms with E-state index in [9.17, 15) is 18.0 Å². The molecule has 2 aromatic carbocycles. The number of carbonyl (C=O) groups is 2. The van der Waals surface area contributed by atoms with Crippen LogP contribution in [0.4, 0.5) is 0 Å². The van der Waals surface area contributed by atoms with Crippen molar-refractivity contribution in [2.24, 2.45) is 10.9 Å². The van der Waals surface area contributed by atoms with Crippen molar-refractivity contribution in [1.29, 1.82) is 0 Å². The summed E-state index contributed by atoms with van der Waals surface area (Å²) in [5.74, 6) is 4.43. The third-order valence-corrected chi connectivity index (χ3v) is 7.44. The van der Waals surface area contributed by atoms with Crippen LogP contribution in [0.25, 0.3) is 0 Å². The number of hydrogen-bond acceptors (Lipinski definition) is 6. The molecule has 1 saturated heterocycles. The molecule has 0 aromatic heterocycles. The molecule has 10 heteroatoms. The van der Waals surface area contributed by atoms with Crippen LogP contribution in [0, 0.1) is 0 Å². The zero-order valence-electron chi connectivity index (χ0n) is 19.9. The molecule has 0 aliphatic carbocycles. The first-order chi connectivity index (χ1) is 16.8. The van der Waals surface area contributed by atoms with Crippen LogP contribution in [0.15, 0.2) is 59.7 Å². The van der Waals surface area contributed by atoms with Gasteiger partial charge in [0.15, 0.2) is 0 Å². The monoisotopic (exact) mass is 499 g/mol. The van der Waals surface area contributed by atoms with E-state index in [0.29, 0.717) is 32.4 Å². The van der Waals surface area contributed by atoms with Gasteiger partial charge in [0, 0.05) is 13.1 Å². The topological polar surface area (TPSA) is 134 Å².